The Morgan fingerprint density at radius 1 is 0.507 bits per heavy atom. The van der Waals surface area contributed by atoms with Crippen LogP contribution in [0.4, 0.5) is 5.82 Å². The Hall–Kier alpha value is -13.6. The number of pyridine rings is 4. The number of primary sulfonamides is 1. The number of sulfonamides is 3. The molecule has 6 N–H and O–H groups in total. The molecule has 0 bridgehead atoms. The minimum absolute atomic E-state index is 0. The van der Waals surface area contributed by atoms with E-state index < -0.39 is 57.8 Å². The van der Waals surface area contributed by atoms with Crippen LogP contribution in [-0.4, -0.2) is 155 Å². The molecule has 33 heteroatoms. The molecule has 4 aliphatic carbocycles. The normalized spacial score (nSPS) is 17.0. The van der Waals surface area contributed by atoms with E-state index in [1.54, 1.807) is 87.0 Å². The number of hydrogen-bond donors (Lipinski definition) is 5. The van der Waals surface area contributed by atoms with Crippen LogP contribution in [-0.2, 0) is 90.2 Å². The Kier molecular flexibility index (Phi) is 27.3. The predicted octanol–water partition coefficient (Wildman–Crippen LogP) is 16.7. The van der Waals surface area contributed by atoms with Gasteiger partial charge in [0, 0.05) is 96.6 Å². The summed E-state index contributed by atoms with van der Waals surface area (Å²) in [6.45, 7) is 10.2. The van der Waals surface area contributed by atoms with Crippen molar-refractivity contribution in [3.05, 3.63) is 280 Å². The molecule has 0 unspecified atom stereocenters. The van der Waals surface area contributed by atoms with Gasteiger partial charge in [0.05, 0.1) is 73.8 Å². The molecule has 9 aliphatic rings. The molecule has 4 aromatic heterocycles. The van der Waals surface area contributed by atoms with Crippen molar-refractivity contribution in [3.8, 4) is 96.5 Å². The second-order valence-corrected chi connectivity index (χ2v) is 41.8. The molecule has 12 aromatic rings. The van der Waals surface area contributed by atoms with Gasteiger partial charge in [0.2, 0.25) is 68.9 Å². The second-order valence-electron chi connectivity index (χ2n) is 36.6. The van der Waals surface area contributed by atoms with Gasteiger partial charge in [-0.25, -0.2) is 40.1 Å². The number of nitrogens with zero attached hydrogens (tertiary/aromatic N) is 5. The number of nitrogens with two attached hydrogens (primary N) is 1. The van der Waals surface area contributed by atoms with E-state index in [0.29, 0.717) is 119 Å². The first-order chi connectivity index (χ1) is 67.3. The maximum Gasteiger partial charge on any atom is 0.243 e. The first-order valence-corrected chi connectivity index (χ1v) is 51.0. The van der Waals surface area contributed by atoms with Gasteiger partial charge in [-0.3, -0.25) is 38.9 Å². The molecule has 4 saturated carbocycles. The lowest BCUT2D eigenvalue weighted by molar-refractivity contribution is -0.121. The van der Waals surface area contributed by atoms with Crippen LogP contribution >= 0.6 is 0 Å². The predicted molar refractivity (Wildman–Crippen MR) is 530 cm³/mol. The number of carbonyl (C=O) groups excluding carboxylic acids is 5. The van der Waals surface area contributed by atoms with Crippen LogP contribution in [0.15, 0.2) is 233 Å². The molecular weight excluding hydrogens is 1850 g/mol. The number of ketones is 4. The molecule has 9 heterocycles. The third-order valence-corrected chi connectivity index (χ3v) is 32.2. The zero-order valence-corrected chi connectivity index (χ0v) is 80.5. The van der Waals surface area contributed by atoms with E-state index in [1.807, 2.05) is 149 Å². The van der Waals surface area contributed by atoms with Crippen molar-refractivity contribution in [2.45, 2.75) is 179 Å². The minimum atomic E-state index is -3.75. The molecule has 0 radical (unpaired) electrons. The number of hydrogen-bond acceptors (Lipinski definition) is 26. The van der Waals surface area contributed by atoms with Crippen LogP contribution in [0.3, 0.4) is 0 Å². The molecule has 8 aromatic carbocycles. The molecule has 140 heavy (non-hydrogen) atoms. The van der Waals surface area contributed by atoms with Gasteiger partial charge in [0.25, 0.3) is 0 Å². The number of aliphatic hydroxyl groups excluding tert-OH is 2. The van der Waals surface area contributed by atoms with Crippen molar-refractivity contribution >= 4 is 64.9 Å². The lowest BCUT2D eigenvalue weighted by Gasteiger charge is -2.22. The van der Waals surface area contributed by atoms with Gasteiger partial charge in [0.15, 0.2) is 51.8 Å². The average molecular weight is 1960 g/mol. The Balaban J connectivity index is 0.000000161. The molecule has 734 valence electrons. The number of aliphatic hydroxyl groups is 2. The van der Waals surface area contributed by atoms with Crippen molar-refractivity contribution in [3.63, 3.8) is 0 Å². The number of methoxy groups -OCH3 is 1. The number of ether oxygens (including phenoxy) is 9. The Morgan fingerprint density at radius 3 is 1.51 bits per heavy atom. The van der Waals surface area contributed by atoms with Gasteiger partial charge >= 0.3 is 0 Å². The summed E-state index contributed by atoms with van der Waals surface area (Å²) < 4.78 is 128. The SMILES string of the molecule is CC(=O)c1ccc(-c2cnc(CC(=O)C3(c4ccc5c(c4)OCO5)CC3)cc2C)cc1.CCC[C@@H](CO)NS(=O)(=O)c1ccc(-c2cccc(CC(=O)C3(c4ccc5c(c4)OCO5)CC3)n2)cc1.COc1cc(C2(C(=O)Nc3cccc(-c4ccc(S(=O)(=O)N5CCC[C@@H]5CO)cc4)n3)CC2)cc2c1OCO2.Cc1c(-c2ccc(S(N)(=O)=O)cc2)cnc(CC(=O)C2(c3ccc4c(c3)OCO4)CC2)c1C.[HH].[HH].[HH].[HH].[HH]. The first kappa shape index (κ1) is 96.6. The van der Waals surface area contributed by atoms with Gasteiger partial charge < -0.3 is 58.2 Å². The number of carbonyl (C=O) groups is 5. The fourth-order valence-corrected chi connectivity index (χ4v) is 22.2. The summed E-state index contributed by atoms with van der Waals surface area (Å²) in [6, 6.07) is 59.7. The number of fused-ring (bicyclic) bond motifs is 4. The average Bonchev–Trinajstić information content (AvgIpc) is 1.59. The molecule has 5 fully saturated rings. The van der Waals surface area contributed by atoms with Crippen molar-refractivity contribution in [2.75, 3.05) is 59.4 Å². The van der Waals surface area contributed by atoms with Gasteiger partial charge in [-0.15, -0.1) is 0 Å². The van der Waals surface area contributed by atoms with E-state index in [1.165, 1.54) is 28.6 Å². The van der Waals surface area contributed by atoms with Gasteiger partial charge in [-0.05, 0) is 264 Å². The topological polar surface area (TPSA) is 416 Å². The van der Waals surface area contributed by atoms with E-state index >= 15 is 0 Å². The third-order valence-electron chi connectivity index (χ3n) is 27.8. The fraction of sp³-hybridized carbons (Fsp3) is 0.318. The first-order valence-electron chi connectivity index (χ1n) is 46.5. The lowest BCUT2D eigenvalue weighted by Crippen LogP contribution is -2.37. The van der Waals surface area contributed by atoms with E-state index in [9.17, 15) is 59.4 Å². The molecule has 5 aliphatic heterocycles. The third kappa shape index (κ3) is 20.0. The number of amides is 1. The Labute approximate surface area is 818 Å². The second kappa shape index (κ2) is 39.6. The number of nitrogens with one attached hydrogen (secondary N) is 2. The highest BCUT2D eigenvalue weighted by molar-refractivity contribution is 7.90. The Morgan fingerprint density at radius 2 is 0.986 bits per heavy atom. The summed E-state index contributed by atoms with van der Waals surface area (Å²) in [5.74, 6) is 6.60. The van der Waals surface area contributed by atoms with E-state index in [-0.39, 0.29) is 110 Å². The molecule has 0 spiro atoms. The van der Waals surface area contributed by atoms with E-state index in [0.717, 1.165) is 135 Å². The van der Waals surface area contributed by atoms with E-state index in [2.05, 4.69) is 30.0 Å². The quantitative estimate of drug-likeness (QED) is 0.0252. The Bertz CT molecular complexity index is 7220. The maximum atomic E-state index is 13.4. The standard InChI is InChI=1S/C28H29N3O7S.C28H30N2O6S.C26H23NO4.C25H24N2O5S.5H2/c1-36-23-14-19(15-24-26(23)38-17-37-24)28(11-12-28)27(33)30-25-6-2-5-22(29-25)18-7-9-21(10-8-18)39(34,35)31-13-3-4-20(31)16-32;1-2-4-22(17-31)30-37(33,34)23-10-7-19(8-11-23)24-6-3-5-21(29-24)16-27(32)28(13-14-28)20-9-12-25-26(15-20)36-18-35-25;1-16-11-21(27-14-22(16)19-5-3-18(4-6-19)17(2)28)13-25(29)26(9-10-26)20-7-8-23-24(12-20)31-15-30-23;1-15-16(2)21(27-13-20(15)17-3-6-19(7-4-17)33(26,29)30)12-24(28)25(9-10-25)18-5-8-22-23(11-18)32-14-31-22;;;;;/h2,5-10,14-15,20,32H,3-4,11-13,16-17H2,1H3,(H,29,30,33);3,5-12,15,22,30-31H,2,4,13-14,16-18H2,1H3;3-8,11-12,14H,9-10,13,15H2,1-2H3;3-8,11,13H,9-10,12,14H2,1-2H3,(H2,26,29,30);5*1H/t20-;22-;;;;;;;/m10......./s1. The number of benzene rings is 8. The number of aromatic nitrogens is 4. The summed E-state index contributed by atoms with van der Waals surface area (Å²) in [4.78, 5) is 83.7. The van der Waals surface area contributed by atoms with Crippen LogP contribution in [0, 0.1) is 20.8 Å². The molecule has 21 rings (SSSR count). The van der Waals surface area contributed by atoms with Crippen LogP contribution in [0.1, 0.15) is 164 Å². The van der Waals surface area contributed by atoms with Crippen molar-refractivity contribution in [2.24, 2.45) is 5.14 Å². The molecule has 1 amide bonds. The lowest BCUT2D eigenvalue weighted by atomic mass is 9.87. The monoisotopic (exact) mass is 1960 g/mol. The van der Waals surface area contributed by atoms with Gasteiger partial charge in [-0.1, -0.05) is 104 Å². The summed E-state index contributed by atoms with van der Waals surface area (Å²) >= 11 is 0. The fourth-order valence-electron chi connectivity index (χ4n) is 18.8. The van der Waals surface area contributed by atoms with Crippen molar-refractivity contribution < 1.29 is 109 Å². The van der Waals surface area contributed by atoms with Gasteiger partial charge in [-0.2, -0.15) is 4.31 Å². The number of rotatable bonds is 31. The van der Waals surface area contributed by atoms with Crippen LogP contribution in [0.25, 0.3) is 44.8 Å². The molecule has 30 nitrogen and oxygen atoms in total. The van der Waals surface area contributed by atoms with Crippen molar-refractivity contribution in [1.29, 1.82) is 0 Å². The zero-order valence-electron chi connectivity index (χ0n) is 78.1. The highest BCUT2D eigenvalue weighted by Crippen LogP contribution is 2.57. The zero-order chi connectivity index (χ0) is 98.2. The number of aryl methyl sites for hydroxylation is 1. The molecule has 2 atom stereocenters. The molecule has 1 saturated heterocycles. The van der Waals surface area contributed by atoms with Crippen LogP contribution < -0.4 is 57.8 Å². The molecular formula is C107H116N8O22S3. The van der Waals surface area contributed by atoms with Crippen LogP contribution in [0.2, 0.25) is 0 Å². The smallest absolute Gasteiger partial charge is 0.243 e. The summed E-state index contributed by atoms with van der Waals surface area (Å²) in [5.41, 5.74) is 14.0. The van der Waals surface area contributed by atoms with Crippen molar-refractivity contribution in [1.82, 2.24) is 29.0 Å². The minimum Gasteiger partial charge on any atom is -0.493 e. The van der Waals surface area contributed by atoms with Gasteiger partial charge in [0.1, 0.15) is 23.2 Å². The number of anilines is 1. The highest BCUT2D eigenvalue weighted by atomic mass is 32.2. The summed E-state index contributed by atoms with van der Waals surface area (Å²) in [5, 5.41) is 27.1. The number of Topliss-reactive ketones (excluding diaryl/α,β-unsaturated/α-hetero) is 4. The van der Waals surface area contributed by atoms with Crippen LogP contribution in [0.5, 0.6) is 51.7 Å². The summed E-state index contributed by atoms with van der Waals surface area (Å²) in [6.07, 6.45) is 13.3. The highest BCUT2D eigenvalue weighted by Gasteiger charge is 2.55. The maximum absolute atomic E-state index is 13.4. The van der Waals surface area contributed by atoms with E-state index in [4.69, 9.17) is 47.8 Å². The largest absolute Gasteiger partial charge is 0.493 e. The summed E-state index contributed by atoms with van der Waals surface area (Å²) in [7, 11) is -9.64.